The monoisotopic (exact) mass is 260 g/mol. The second-order valence-corrected chi connectivity index (χ2v) is 5.59. The SMILES string of the molecule is CC(C)(CCO)CNc1cc2ccccc2c(=O)[nH]1. The number of fused-ring (bicyclic) bond motifs is 1. The molecule has 0 saturated carbocycles. The molecule has 0 atom stereocenters. The lowest BCUT2D eigenvalue weighted by atomic mass is 9.90. The van der Waals surface area contributed by atoms with Gasteiger partial charge in [-0.15, -0.1) is 0 Å². The Morgan fingerprint density at radius 2 is 2.05 bits per heavy atom. The van der Waals surface area contributed by atoms with Crippen LogP contribution in [0.15, 0.2) is 35.1 Å². The van der Waals surface area contributed by atoms with Gasteiger partial charge in [0, 0.05) is 18.5 Å². The molecule has 4 nitrogen and oxygen atoms in total. The molecule has 0 unspecified atom stereocenters. The van der Waals surface area contributed by atoms with Gasteiger partial charge in [-0.2, -0.15) is 0 Å². The highest BCUT2D eigenvalue weighted by Crippen LogP contribution is 2.20. The van der Waals surface area contributed by atoms with Crippen molar-refractivity contribution in [2.45, 2.75) is 20.3 Å². The normalized spacial score (nSPS) is 11.7. The summed E-state index contributed by atoms with van der Waals surface area (Å²) in [5.74, 6) is 0.717. The minimum Gasteiger partial charge on any atom is -0.396 e. The molecule has 1 aromatic heterocycles. The Morgan fingerprint density at radius 3 is 2.79 bits per heavy atom. The molecule has 2 rings (SSSR count). The molecule has 0 aliphatic rings. The van der Waals surface area contributed by atoms with Crippen LogP contribution in [0.25, 0.3) is 10.8 Å². The topological polar surface area (TPSA) is 65.1 Å². The zero-order valence-electron chi connectivity index (χ0n) is 11.4. The van der Waals surface area contributed by atoms with Crippen LogP contribution in [-0.4, -0.2) is 23.2 Å². The Kier molecular flexibility index (Phi) is 3.90. The number of anilines is 1. The van der Waals surface area contributed by atoms with Crippen LogP contribution in [0.5, 0.6) is 0 Å². The van der Waals surface area contributed by atoms with Crippen LogP contribution >= 0.6 is 0 Å². The molecule has 1 aromatic carbocycles. The summed E-state index contributed by atoms with van der Waals surface area (Å²) in [6.45, 7) is 5.02. The number of H-pyrrole nitrogens is 1. The Labute approximate surface area is 112 Å². The lowest BCUT2D eigenvalue weighted by Crippen LogP contribution is -2.25. The van der Waals surface area contributed by atoms with E-state index in [-0.39, 0.29) is 17.6 Å². The maximum Gasteiger partial charge on any atom is 0.257 e. The number of aromatic nitrogens is 1. The van der Waals surface area contributed by atoms with Crippen LogP contribution in [0.4, 0.5) is 5.82 Å². The van der Waals surface area contributed by atoms with Crippen LogP contribution in [0, 0.1) is 5.41 Å². The van der Waals surface area contributed by atoms with Gasteiger partial charge in [-0.3, -0.25) is 4.79 Å². The number of aromatic amines is 1. The number of benzene rings is 1. The van der Waals surface area contributed by atoms with Gasteiger partial charge in [-0.05, 0) is 29.4 Å². The molecule has 2 aromatic rings. The number of hydrogen-bond donors (Lipinski definition) is 3. The molecule has 19 heavy (non-hydrogen) atoms. The first-order valence-corrected chi connectivity index (χ1v) is 6.49. The van der Waals surface area contributed by atoms with Gasteiger partial charge in [0.25, 0.3) is 5.56 Å². The first-order chi connectivity index (χ1) is 9.02. The van der Waals surface area contributed by atoms with Crippen molar-refractivity contribution in [1.29, 1.82) is 0 Å². The molecule has 0 aliphatic carbocycles. The van der Waals surface area contributed by atoms with E-state index >= 15 is 0 Å². The third-order valence-corrected chi connectivity index (χ3v) is 3.30. The van der Waals surface area contributed by atoms with Crippen LogP contribution < -0.4 is 10.9 Å². The van der Waals surface area contributed by atoms with Gasteiger partial charge in [-0.1, -0.05) is 32.0 Å². The fourth-order valence-corrected chi connectivity index (χ4v) is 2.03. The number of rotatable bonds is 5. The summed E-state index contributed by atoms with van der Waals surface area (Å²) >= 11 is 0. The third kappa shape index (κ3) is 3.35. The first-order valence-electron chi connectivity index (χ1n) is 6.49. The molecule has 0 amide bonds. The van der Waals surface area contributed by atoms with Crippen molar-refractivity contribution in [2.75, 3.05) is 18.5 Å². The lowest BCUT2D eigenvalue weighted by Gasteiger charge is -2.24. The molecule has 0 spiro atoms. The summed E-state index contributed by atoms with van der Waals surface area (Å²) in [6.07, 6.45) is 0.720. The van der Waals surface area contributed by atoms with Gasteiger partial charge in [0.15, 0.2) is 0 Å². The van der Waals surface area contributed by atoms with E-state index in [1.807, 2.05) is 30.3 Å². The van der Waals surface area contributed by atoms with Gasteiger partial charge in [0.05, 0.1) is 0 Å². The highest BCUT2D eigenvalue weighted by molar-refractivity contribution is 5.83. The highest BCUT2D eigenvalue weighted by atomic mass is 16.3. The summed E-state index contributed by atoms with van der Waals surface area (Å²) < 4.78 is 0. The average molecular weight is 260 g/mol. The summed E-state index contributed by atoms with van der Waals surface area (Å²) in [7, 11) is 0. The molecule has 0 fully saturated rings. The van der Waals surface area contributed by atoms with Crippen LogP contribution in [0.3, 0.4) is 0 Å². The Hall–Kier alpha value is -1.81. The van der Waals surface area contributed by atoms with E-state index in [9.17, 15) is 4.79 Å². The molecular formula is C15H20N2O2. The molecule has 1 heterocycles. The molecule has 102 valence electrons. The third-order valence-electron chi connectivity index (χ3n) is 3.30. The zero-order chi connectivity index (χ0) is 13.9. The minimum atomic E-state index is -0.0828. The van der Waals surface area contributed by atoms with Crippen molar-refractivity contribution in [3.05, 3.63) is 40.7 Å². The number of nitrogens with one attached hydrogen (secondary N) is 2. The first kappa shape index (κ1) is 13.6. The second-order valence-electron chi connectivity index (χ2n) is 5.59. The van der Waals surface area contributed by atoms with E-state index in [0.29, 0.717) is 11.9 Å². The maximum absolute atomic E-state index is 11.9. The number of hydrogen-bond acceptors (Lipinski definition) is 3. The van der Waals surface area contributed by atoms with E-state index in [2.05, 4.69) is 24.1 Å². The Morgan fingerprint density at radius 1 is 1.32 bits per heavy atom. The fourth-order valence-electron chi connectivity index (χ4n) is 2.03. The summed E-state index contributed by atoms with van der Waals surface area (Å²) in [5, 5.41) is 13.9. The fraction of sp³-hybridized carbons (Fsp3) is 0.400. The van der Waals surface area contributed by atoms with Crippen molar-refractivity contribution in [1.82, 2.24) is 4.98 Å². The van der Waals surface area contributed by atoms with E-state index in [1.165, 1.54) is 0 Å². The highest BCUT2D eigenvalue weighted by Gasteiger charge is 2.16. The Balaban J connectivity index is 2.20. The van der Waals surface area contributed by atoms with E-state index in [0.717, 1.165) is 17.6 Å². The molecular weight excluding hydrogens is 240 g/mol. The zero-order valence-corrected chi connectivity index (χ0v) is 11.4. The average Bonchev–Trinajstić information content (AvgIpc) is 2.37. The van der Waals surface area contributed by atoms with Gasteiger partial charge in [0.2, 0.25) is 0 Å². The largest absolute Gasteiger partial charge is 0.396 e. The minimum absolute atomic E-state index is 0.0166. The number of pyridine rings is 1. The van der Waals surface area contributed by atoms with Gasteiger partial charge >= 0.3 is 0 Å². The maximum atomic E-state index is 11.9. The molecule has 0 bridgehead atoms. The number of aliphatic hydroxyl groups excluding tert-OH is 1. The van der Waals surface area contributed by atoms with E-state index in [4.69, 9.17) is 5.11 Å². The molecule has 0 radical (unpaired) electrons. The standard InChI is InChI=1S/C15H20N2O2/c1-15(2,7-8-18)10-16-13-9-11-5-3-4-6-12(11)14(19)17-13/h3-6,9,18H,7-8,10H2,1-2H3,(H2,16,17,19). The predicted molar refractivity (Wildman–Crippen MR) is 78.5 cm³/mol. The molecule has 3 N–H and O–H groups in total. The lowest BCUT2D eigenvalue weighted by molar-refractivity contribution is 0.220. The smallest absolute Gasteiger partial charge is 0.257 e. The van der Waals surface area contributed by atoms with Crippen molar-refractivity contribution in [3.8, 4) is 0 Å². The second kappa shape index (κ2) is 5.45. The number of aliphatic hydroxyl groups is 1. The Bertz CT molecular complexity index is 617. The van der Waals surface area contributed by atoms with Gasteiger partial charge in [0.1, 0.15) is 5.82 Å². The van der Waals surface area contributed by atoms with Crippen molar-refractivity contribution in [2.24, 2.45) is 5.41 Å². The van der Waals surface area contributed by atoms with Crippen molar-refractivity contribution in [3.63, 3.8) is 0 Å². The van der Waals surface area contributed by atoms with Crippen LogP contribution in [-0.2, 0) is 0 Å². The van der Waals surface area contributed by atoms with E-state index < -0.39 is 0 Å². The molecule has 0 aliphatic heterocycles. The van der Waals surface area contributed by atoms with Crippen molar-refractivity contribution < 1.29 is 5.11 Å². The summed E-state index contributed by atoms with van der Waals surface area (Å²) in [6, 6.07) is 9.45. The summed E-state index contributed by atoms with van der Waals surface area (Å²) in [4.78, 5) is 14.8. The van der Waals surface area contributed by atoms with E-state index in [1.54, 1.807) is 0 Å². The quantitative estimate of drug-likeness (QED) is 0.773. The van der Waals surface area contributed by atoms with Gasteiger partial charge in [-0.25, -0.2) is 0 Å². The predicted octanol–water partition coefficient (Wildman–Crippen LogP) is 2.35. The summed E-state index contributed by atoms with van der Waals surface area (Å²) in [5.41, 5.74) is -0.0994. The van der Waals surface area contributed by atoms with Crippen molar-refractivity contribution >= 4 is 16.6 Å². The van der Waals surface area contributed by atoms with Crippen LogP contribution in [0.2, 0.25) is 0 Å². The van der Waals surface area contributed by atoms with Crippen LogP contribution in [0.1, 0.15) is 20.3 Å². The molecule has 4 heteroatoms. The molecule has 0 saturated heterocycles. The van der Waals surface area contributed by atoms with Gasteiger partial charge < -0.3 is 15.4 Å².